The predicted molar refractivity (Wildman–Crippen MR) is 103 cm³/mol. The molecule has 0 spiro atoms. The molecule has 1 fully saturated rings. The number of nitrogens with one attached hydrogen (secondary N) is 2. The lowest BCUT2D eigenvalue weighted by Crippen LogP contribution is -2.26. The second kappa shape index (κ2) is 7.21. The third-order valence-corrected chi connectivity index (χ3v) is 6.00. The van der Waals surface area contributed by atoms with Gasteiger partial charge in [0.05, 0.1) is 4.90 Å². The Morgan fingerprint density at radius 3 is 2.35 bits per heavy atom. The van der Waals surface area contributed by atoms with Crippen molar-refractivity contribution in [3.8, 4) is 0 Å². The molecule has 1 aliphatic carbocycles. The molecule has 2 N–H and O–H groups in total. The maximum atomic E-state index is 12.6. The van der Waals surface area contributed by atoms with Crippen LogP contribution in [0.4, 0.5) is 5.69 Å². The van der Waals surface area contributed by atoms with Crippen molar-refractivity contribution < 1.29 is 13.2 Å². The monoisotopic (exact) mass is 372 g/mol. The van der Waals surface area contributed by atoms with Gasteiger partial charge in [-0.05, 0) is 68.9 Å². The number of carbonyl (C=O) groups excluding carboxylic acids is 1. The number of benzene rings is 2. The molecular weight excluding hydrogens is 348 g/mol. The molecule has 5 nitrogen and oxygen atoms in total. The van der Waals surface area contributed by atoms with E-state index < -0.39 is 10.0 Å². The van der Waals surface area contributed by atoms with Crippen LogP contribution in [0.3, 0.4) is 0 Å². The van der Waals surface area contributed by atoms with Crippen LogP contribution in [0.1, 0.15) is 39.9 Å². The van der Waals surface area contributed by atoms with Crippen molar-refractivity contribution in [1.29, 1.82) is 0 Å². The third-order valence-electron chi connectivity index (χ3n) is 4.58. The Hall–Kier alpha value is -2.18. The molecule has 0 radical (unpaired) electrons. The van der Waals surface area contributed by atoms with Gasteiger partial charge in [0.2, 0.25) is 10.0 Å². The second-order valence-corrected chi connectivity index (χ2v) is 8.82. The molecule has 0 aliphatic heterocycles. The molecular formula is C20H24N2O3S. The van der Waals surface area contributed by atoms with Gasteiger partial charge < -0.3 is 5.32 Å². The molecule has 1 aliphatic rings. The Kier molecular flexibility index (Phi) is 5.16. The van der Waals surface area contributed by atoms with E-state index in [9.17, 15) is 13.2 Å². The summed E-state index contributed by atoms with van der Waals surface area (Å²) in [7, 11) is -3.60. The van der Waals surface area contributed by atoms with Crippen LogP contribution >= 0.6 is 0 Å². The Morgan fingerprint density at radius 2 is 1.73 bits per heavy atom. The first kappa shape index (κ1) is 18.6. The first-order chi connectivity index (χ1) is 12.3. The molecule has 2 aromatic rings. The number of rotatable bonds is 6. The van der Waals surface area contributed by atoms with Gasteiger partial charge in [-0.1, -0.05) is 23.8 Å². The van der Waals surface area contributed by atoms with Crippen LogP contribution in [0.5, 0.6) is 0 Å². The van der Waals surface area contributed by atoms with Crippen LogP contribution in [0, 0.1) is 26.7 Å². The van der Waals surface area contributed by atoms with Crippen LogP contribution in [-0.4, -0.2) is 20.9 Å². The zero-order chi connectivity index (χ0) is 18.9. The number of sulfonamides is 1. The maximum Gasteiger partial charge on any atom is 0.255 e. The highest BCUT2D eigenvalue weighted by Gasteiger charge is 2.24. The van der Waals surface area contributed by atoms with Crippen LogP contribution < -0.4 is 10.0 Å². The van der Waals surface area contributed by atoms with Gasteiger partial charge in [0.1, 0.15) is 0 Å². The van der Waals surface area contributed by atoms with E-state index in [0.29, 0.717) is 18.0 Å². The van der Waals surface area contributed by atoms with Gasteiger partial charge in [0.15, 0.2) is 0 Å². The Bertz CT molecular complexity index is 924. The third kappa shape index (κ3) is 4.31. The van der Waals surface area contributed by atoms with Gasteiger partial charge in [-0.15, -0.1) is 0 Å². The Balaban J connectivity index is 1.80. The van der Waals surface area contributed by atoms with E-state index in [1.165, 1.54) is 12.1 Å². The van der Waals surface area contributed by atoms with Crippen LogP contribution in [0.15, 0.2) is 41.3 Å². The van der Waals surface area contributed by atoms with Crippen molar-refractivity contribution in [2.45, 2.75) is 38.5 Å². The Morgan fingerprint density at radius 1 is 1.08 bits per heavy atom. The SMILES string of the molecule is Cc1cc(C)c(NC(=O)c2cccc(S(=O)(=O)NCC3CC3)c2)c(C)c1. The standard InChI is InChI=1S/C20H24N2O3S/c1-13-9-14(2)19(15(3)10-13)22-20(23)17-5-4-6-18(11-17)26(24,25)21-12-16-7-8-16/h4-6,9-11,16,21H,7-8,12H2,1-3H3,(H,22,23). The molecule has 1 saturated carbocycles. The second-order valence-electron chi connectivity index (χ2n) is 7.05. The summed E-state index contributed by atoms with van der Waals surface area (Å²) in [5.41, 5.74) is 4.17. The molecule has 26 heavy (non-hydrogen) atoms. The highest BCUT2D eigenvalue weighted by atomic mass is 32.2. The summed E-state index contributed by atoms with van der Waals surface area (Å²) < 4.78 is 27.4. The molecule has 6 heteroatoms. The molecule has 3 rings (SSSR count). The summed E-state index contributed by atoms with van der Waals surface area (Å²) in [6, 6.07) is 10.2. The van der Waals surface area contributed by atoms with E-state index in [0.717, 1.165) is 35.2 Å². The van der Waals surface area contributed by atoms with E-state index in [1.807, 2.05) is 32.9 Å². The minimum atomic E-state index is -3.60. The van der Waals surface area contributed by atoms with E-state index >= 15 is 0 Å². The summed E-state index contributed by atoms with van der Waals surface area (Å²) in [6.07, 6.45) is 2.14. The first-order valence-electron chi connectivity index (χ1n) is 8.75. The number of aryl methyl sites for hydroxylation is 3. The van der Waals surface area contributed by atoms with Crippen molar-refractivity contribution in [1.82, 2.24) is 4.72 Å². The molecule has 0 aromatic heterocycles. The smallest absolute Gasteiger partial charge is 0.255 e. The van der Waals surface area contributed by atoms with Gasteiger partial charge in [-0.3, -0.25) is 4.79 Å². The minimum Gasteiger partial charge on any atom is -0.322 e. The number of carbonyl (C=O) groups is 1. The number of hydrogen-bond acceptors (Lipinski definition) is 3. The van der Waals surface area contributed by atoms with Gasteiger partial charge in [0.25, 0.3) is 5.91 Å². The highest BCUT2D eigenvalue weighted by molar-refractivity contribution is 7.89. The van der Waals surface area contributed by atoms with Crippen LogP contribution in [-0.2, 0) is 10.0 Å². The lowest BCUT2D eigenvalue weighted by atomic mass is 10.0. The highest BCUT2D eigenvalue weighted by Crippen LogP contribution is 2.28. The lowest BCUT2D eigenvalue weighted by molar-refractivity contribution is 0.102. The zero-order valence-electron chi connectivity index (χ0n) is 15.3. The molecule has 2 aromatic carbocycles. The van der Waals surface area contributed by atoms with Crippen molar-refractivity contribution in [2.24, 2.45) is 5.92 Å². The summed E-state index contributed by atoms with van der Waals surface area (Å²) in [6.45, 7) is 6.35. The summed E-state index contributed by atoms with van der Waals surface area (Å²) in [4.78, 5) is 12.7. The van der Waals surface area contributed by atoms with Gasteiger partial charge >= 0.3 is 0 Å². The molecule has 0 saturated heterocycles. The maximum absolute atomic E-state index is 12.6. The van der Waals surface area contributed by atoms with Crippen molar-refractivity contribution in [2.75, 3.05) is 11.9 Å². The van der Waals surface area contributed by atoms with Crippen LogP contribution in [0.2, 0.25) is 0 Å². The summed E-state index contributed by atoms with van der Waals surface area (Å²) >= 11 is 0. The number of anilines is 1. The van der Waals surface area contributed by atoms with Crippen molar-refractivity contribution in [3.05, 3.63) is 58.7 Å². The summed E-state index contributed by atoms with van der Waals surface area (Å²) in [5, 5.41) is 2.91. The van der Waals surface area contributed by atoms with Gasteiger partial charge in [-0.25, -0.2) is 13.1 Å². The molecule has 1 amide bonds. The zero-order valence-corrected chi connectivity index (χ0v) is 16.1. The fourth-order valence-electron chi connectivity index (χ4n) is 3.00. The van der Waals surface area contributed by atoms with Crippen LogP contribution in [0.25, 0.3) is 0 Å². The predicted octanol–water partition coefficient (Wildman–Crippen LogP) is 3.55. The first-order valence-corrected chi connectivity index (χ1v) is 10.2. The van der Waals surface area contributed by atoms with E-state index in [2.05, 4.69) is 10.0 Å². The summed E-state index contributed by atoms with van der Waals surface area (Å²) in [5.74, 6) is 0.128. The Labute approximate surface area is 154 Å². The fraction of sp³-hybridized carbons (Fsp3) is 0.350. The quantitative estimate of drug-likeness (QED) is 0.814. The lowest BCUT2D eigenvalue weighted by Gasteiger charge is -2.13. The minimum absolute atomic E-state index is 0.114. The van der Waals surface area contributed by atoms with Gasteiger partial charge in [0, 0.05) is 17.8 Å². The normalized spacial score (nSPS) is 14.3. The number of amides is 1. The van der Waals surface area contributed by atoms with E-state index in [-0.39, 0.29) is 10.8 Å². The molecule has 138 valence electrons. The average molecular weight is 372 g/mol. The fourth-order valence-corrected chi connectivity index (χ4v) is 4.16. The topological polar surface area (TPSA) is 75.3 Å². The average Bonchev–Trinajstić information content (AvgIpc) is 3.41. The molecule has 0 bridgehead atoms. The van der Waals surface area contributed by atoms with E-state index in [4.69, 9.17) is 0 Å². The molecule has 0 heterocycles. The van der Waals surface area contributed by atoms with E-state index in [1.54, 1.807) is 12.1 Å². The van der Waals surface area contributed by atoms with Crippen molar-refractivity contribution in [3.63, 3.8) is 0 Å². The van der Waals surface area contributed by atoms with Gasteiger partial charge in [-0.2, -0.15) is 0 Å². The molecule has 0 unspecified atom stereocenters. The largest absolute Gasteiger partial charge is 0.322 e. The number of hydrogen-bond donors (Lipinski definition) is 2. The van der Waals surface area contributed by atoms with Crippen molar-refractivity contribution >= 4 is 21.6 Å². The molecule has 0 atom stereocenters.